The molecule has 0 spiro atoms. The van der Waals surface area contributed by atoms with Crippen LogP contribution in [-0.2, 0) is 27.7 Å². The SMILES string of the molecule is CCC(CCCCCP(N)(=S)OCc1ccccc1)CCC1OC1(C)CC. The van der Waals surface area contributed by atoms with E-state index in [1.165, 1.54) is 38.5 Å². The Balaban J connectivity index is 1.55. The Kier molecular flexibility index (Phi) is 9.44. The Hall–Kier alpha value is -0.250. The minimum atomic E-state index is -2.15. The van der Waals surface area contributed by atoms with Crippen LogP contribution in [0.1, 0.15) is 77.7 Å². The van der Waals surface area contributed by atoms with Crippen molar-refractivity contribution < 1.29 is 9.26 Å². The lowest BCUT2D eigenvalue weighted by atomic mass is 9.91. The number of nitrogens with two attached hydrogens (primary N) is 1. The van der Waals surface area contributed by atoms with Gasteiger partial charge in [-0.1, -0.05) is 81.7 Å². The molecule has 154 valence electrons. The molecule has 0 radical (unpaired) electrons. The molecule has 27 heavy (non-hydrogen) atoms. The summed E-state index contributed by atoms with van der Waals surface area (Å²) in [6.07, 6.45) is 8.98. The molecule has 0 aromatic heterocycles. The lowest BCUT2D eigenvalue weighted by Crippen LogP contribution is -2.09. The maximum Gasteiger partial charge on any atom is 0.127 e. The largest absolute Gasteiger partial charge is 0.366 e. The summed E-state index contributed by atoms with van der Waals surface area (Å²) in [5.41, 5.74) is 7.57. The molecule has 0 aliphatic carbocycles. The monoisotopic (exact) mass is 411 g/mol. The molecule has 1 fully saturated rings. The molecule has 2 N–H and O–H groups in total. The number of epoxide rings is 1. The molecule has 4 atom stereocenters. The van der Waals surface area contributed by atoms with Crippen molar-refractivity contribution in [3.63, 3.8) is 0 Å². The normalized spacial score (nSPS) is 25.1. The maximum absolute atomic E-state index is 6.25. The molecule has 1 aromatic rings. The highest BCUT2D eigenvalue weighted by atomic mass is 32.4. The fourth-order valence-electron chi connectivity index (χ4n) is 3.67. The van der Waals surface area contributed by atoms with E-state index in [9.17, 15) is 0 Å². The van der Waals surface area contributed by atoms with Crippen molar-refractivity contribution in [1.29, 1.82) is 0 Å². The van der Waals surface area contributed by atoms with Crippen LogP contribution in [0.15, 0.2) is 30.3 Å². The summed E-state index contributed by atoms with van der Waals surface area (Å²) in [5.74, 6) is 0.825. The first-order valence-electron chi connectivity index (χ1n) is 10.6. The van der Waals surface area contributed by atoms with Gasteiger partial charge in [0.25, 0.3) is 0 Å². The molecule has 5 heteroatoms. The first-order valence-corrected chi connectivity index (χ1v) is 13.6. The van der Waals surface area contributed by atoms with E-state index in [-0.39, 0.29) is 5.60 Å². The number of rotatable bonds is 14. The van der Waals surface area contributed by atoms with E-state index in [1.54, 1.807) is 0 Å². The summed E-state index contributed by atoms with van der Waals surface area (Å²) in [6, 6.07) is 10.1. The first kappa shape index (κ1) is 23.0. The molecule has 0 bridgehead atoms. The molecule has 0 saturated carbocycles. The third-order valence-corrected chi connectivity index (χ3v) is 8.40. The second-order valence-electron chi connectivity index (χ2n) is 8.18. The van der Waals surface area contributed by atoms with E-state index >= 15 is 0 Å². The van der Waals surface area contributed by atoms with Gasteiger partial charge >= 0.3 is 0 Å². The van der Waals surface area contributed by atoms with Crippen LogP contribution in [0, 0.1) is 5.92 Å². The molecule has 0 amide bonds. The Morgan fingerprint density at radius 1 is 1.19 bits per heavy atom. The van der Waals surface area contributed by atoms with Gasteiger partial charge in [0.2, 0.25) is 0 Å². The molecule has 2 rings (SSSR count). The van der Waals surface area contributed by atoms with Crippen molar-refractivity contribution in [1.82, 2.24) is 0 Å². The summed E-state index contributed by atoms with van der Waals surface area (Å²) in [6.45, 7) is 7.32. The topological polar surface area (TPSA) is 47.8 Å². The summed E-state index contributed by atoms with van der Waals surface area (Å²) in [5, 5.41) is 0. The predicted molar refractivity (Wildman–Crippen MR) is 120 cm³/mol. The van der Waals surface area contributed by atoms with Crippen LogP contribution in [-0.4, -0.2) is 17.9 Å². The standard InChI is InChI=1S/C22H38NO2PS/c1-4-19(15-16-21-22(3,5-2)25-21)12-10-7-11-17-26(23,27)24-18-20-13-8-6-9-14-20/h6,8-9,13-14,19,21H,4-5,7,10-12,15-18H2,1-3H3,(H2,23,27). The van der Waals surface area contributed by atoms with Crippen LogP contribution >= 0.6 is 6.42 Å². The van der Waals surface area contributed by atoms with Crippen molar-refractivity contribution >= 4 is 18.2 Å². The number of ether oxygens (including phenoxy) is 1. The quantitative estimate of drug-likeness (QED) is 0.218. The third kappa shape index (κ3) is 8.33. The Morgan fingerprint density at radius 3 is 2.56 bits per heavy atom. The second kappa shape index (κ2) is 11.1. The molecule has 1 aliphatic heterocycles. The molecular weight excluding hydrogens is 373 g/mol. The van der Waals surface area contributed by atoms with Gasteiger partial charge < -0.3 is 9.26 Å². The highest BCUT2D eigenvalue weighted by Gasteiger charge is 2.49. The van der Waals surface area contributed by atoms with E-state index in [1.807, 2.05) is 18.2 Å². The average molecular weight is 412 g/mol. The van der Waals surface area contributed by atoms with E-state index in [2.05, 4.69) is 32.9 Å². The number of hydrogen-bond acceptors (Lipinski definition) is 3. The van der Waals surface area contributed by atoms with Crippen molar-refractivity contribution in [2.24, 2.45) is 11.4 Å². The Bertz CT molecular complexity index is 597. The van der Waals surface area contributed by atoms with Crippen LogP contribution in [0.2, 0.25) is 0 Å². The predicted octanol–water partition coefficient (Wildman–Crippen LogP) is 6.41. The lowest BCUT2D eigenvalue weighted by molar-refractivity contribution is 0.293. The van der Waals surface area contributed by atoms with Gasteiger partial charge in [0.1, 0.15) is 6.42 Å². The number of hydrogen-bond donors (Lipinski definition) is 1. The van der Waals surface area contributed by atoms with Crippen LogP contribution in [0.4, 0.5) is 0 Å². The van der Waals surface area contributed by atoms with Gasteiger partial charge in [-0.15, -0.1) is 0 Å². The van der Waals surface area contributed by atoms with E-state index < -0.39 is 6.42 Å². The van der Waals surface area contributed by atoms with Gasteiger partial charge in [-0.05, 0) is 44.1 Å². The van der Waals surface area contributed by atoms with Crippen molar-refractivity contribution in [3.8, 4) is 0 Å². The van der Waals surface area contributed by atoms with Crippen LogP contribution in [0.25, 0.3) is 0 Å². The highest BCUT2D eigenvalue weighted by molar-refractivity contribution is 8.11. The Morgan fingerprint density at radius 2 is 1.93 bits per heavy atom. The van der Waals surface area contributed by atoms with Gasteiger partial charge in [0.05, 0.1) is 18.3 Å². The summed E-state index contributed by atoms with van der Waals surface area (Å²) < 4.78 is 11.7. The number of unbranched alkanes of at least 4 members (excludes halogenated alkanes) is 2. The first-order chi connectivity index (χ1) is 12.9. The van der Waals surface area contributed by atoms with Crippen LogP contribution < -0.4 is 5.50 Å². The minimum Gasteiger partial charge on any atom is -0.366 e. The molecule has 4 unspecified atom stereocenters. The lowest BCUT2D eigenvalue weighted by Gasteiger charge is -2.18. The zero-order chi connectivity index (χ0) is 19.8. The zero-order valence-electron chi connectivity index (χ0n) is 17.4. The maximum atomic E-state index is 6.25. The molecule has 3 nitrogen and oxygen atoms in total. The second-order valence-corrected chi connectivity index (χ2v) is 12.2. The van der Waals surface area contributed by atoms with E-state index in [4.69, 9.17) is 26.6 Å². The summed E-state index contributed by atoms with van der Waals surface area (Å²) >= 11 is 5.53. The van der Waals surface area contributed by atoms with E-state index in [0.717, 1.165) is 30.5 Å². The minimum absolute atomic E-state index is 0.176. The fourth-order valence-corrected chi connectivity index (χ4v) is 5.38. The molecular formula is C22H38NO2PS. The molecule has 1 aliphatic rings. The zero-order valence-corrected chi connectivity index (χ0v) is 19.1. The molecule has 1 heterocycles. The van der Waals surface area contributed by atoms with Gasteiger partial charge in [-0.3, -0.25) is 5.50 Å². The Labute approximate surface area is 171 Å². The van der Waals surface area contributed by atoms with Crippen molar-refractivity contribution in [2.75, 3.05) is 6.16 Å². The summed E-state index contributed by atoms with van der Waals surface area (Å²) in [4.78, 5) is 0. The van der Waals surface area contributed by atoms with Crippen LogP contribution in [0.3, 0.4) is 0 Å². The van der Waals surface area contributed by atoms with Gasteiger partial charge in [-0.25, -0.2) is 0 Å². The highest BCUT2D eigenvalue weighted by Crippen LogP contribution is 2.43. The molecule has 1 aromatic carbocycles. The number of benzene rings is 1. The van der Waals surface area contributed by atoms with Crippen molar-refractivity contribution in [3.05, 3.63) is 35.9 Å². The van der Waals surface area contributed by atoms with E-state index in [0.29, 0.717) is 12.7 Å². The van der Waals surface area contributed by atoms with Crippen molar-refractivity contribution in [2.45, 2.75) is 90.4 Å². The van der Waals surface area contributed by atoms with Gasteiger partial charge in [-0.2, -0.15) is 0 Å². The summed E-state index contributed by atoms with van der Waals surface area (Å²) in [7, 11) is 0. The van der Waals surface area contributed by atoms with Gasteiger partial charge in [0, 0.05) is 6.16 Å². The smallest absolute Gasteiger partial charge is 0.127 e. The third-order valence-electron chi connectivity index (χ3n) is 6.03. The van der Waals surface area contributed by atoms with Crippen LogP contribution in [0.5, 0.6) is 0 Å². The average Bonchev–Trinajstić information content (AvgIpc) is 3.34. The molecule has 1 saturated heterocycles. The van der Waals surface area contributed by atoms with Gasteiger partial charge in [0.15, 0.2) is 0 Å². The fraction of sp³-hybridized carbons (Fsp3) is 0.727.